The number of carbonyl (C=O) groups is 1. The number of rotatable bonds is 7. The van der Waals surface area contributed by atoms with Crippen molar-refractivity contribution in [1.29, 1.82) is 5.26 Å². The third-order valence-corrected chi connectivity index (χ3v) is 6.38. The van der Waals surface area contributed by atoms with Crippen LogP contribution >= 0.6 is 0 Å². The number of para-hydroxylation sites is 1. The summed E-state index contributed by atoms with van der Waals surface area (Å²) in [7, 11) is 1.56. The molecule has 1 fully saturated rings. The summed E-state index contributed by atoms with van der Waals surface area (Å²) in [6, 6.07) is 14.5. The lowest BCUT2D eigenvalue weighted by Crippen LogP contribution is -2.55. The molecule has 182 valence electrons. The van der Waals surface area contributed by atoms with Gasteiger partial charge in [-0.05, 0) is 43.2 Å². The second-order valence-corrected chi connectivity index (χ2v) is 8.52. The number of halogens is 2. The van der Waals surface area contributed by atoms with Crippen LogP contribution in [0.1, 0.15) is 29.2 Å². The molecule has 10 heteroatoms. The summed E-state index contributed by atoms with van der Waals surface area (Å²) >= 11 is 0. The lowest BCUT2D eigenvalue weighted by atomic mass is 9.79. The normalized spacial score (nSPS) is 19.3. The van der Waals surface area contributed by atoms with E-state index in [1.54, 1.807) is 14.0 Å². The number of urea groups is 1. The molecule has 0 spiro atoms. The average Bonchev–Trinajstić information content (AvgIpc) is 3.41. The van der Waals surface area contributed by atoms with Crippen LogP contribution in [0.2, 0.25) is 0 Å². The van der Waals surface area contributed by atoms with Gasteiger partial charge in [-0.2, -0.15) is 10.4 Å². The summed E-state index contributed by atoms with van der Waals surface area (Å²) < 4.78 is 34.4. The Labute approximate surface area is 201 Å². The van der Waals surface area contributed by atoms with E-state index in [0.29, 0.717) is 48.7 Å². The molecule has 2 amide bonds. The van der Waals surface area contributed by atoms with E-state index in [1.807, 2.05) is 36.4 Å². The second-order valence-electron chi connectivity index (χ2n) is 8.52. The van der Waals surface area contributed by atoms with Crippen LogP contribution in [0.5, 0.6) is 0 Å². The van der Waals surface area contributed by atoms with Crippen LogP contribution in [0.15, 0.2) is 48.5 Å². The fraction of sp³-hybridized carbons (Fsp3) is 0.320. The first-order valence-electron chi connectivity index (χ1n) is 11.2. The molecule has 1 aromatic heterocycles. The van der Waals surface area contributed by atoms with Crippen molar-refractivity contribution in [3.05, 3.63) is 77.0 Å². The van der Waals surface area contributed by atoms with Gasteiger partial charge in [-0.3, -0.25) is 5.32 Å². The van der Waals surface area contributed by atoms with Gasteiger partial charge in [0.25, 0.3) is 0 Å². The van der Waals surface area contributed by atoms with Crippen molar-refractivity contribution >= 4 is 11.8 Å². The number of nitrogens with one attached hydrogen (secondary N) is 3. The number of methoxy groups -OCH3 is 1. The number of anilines is 1. The molecule has 0 radical (unpaired) electrons. The zero-order chi connectivity index (χ0) is 25.0. The maximum absolute atomic E-state index is 14.0. The number of nitriles is 1. The Balaban J connectivity index is 1.65. The number of nitrogens with zero attached hydrogens (tertiary/aromatic N) is 3. The van der Waals surface area contributed by atoms with Crippen molar-refractivity contribution in [3.8, 4) is 11.8 Å². The Morgan fingerprint density at radius 1 is 1.29 bits per heavy atom. The van der Waals surface area contributed by atoms with Gasteiger partial charge in [-0.25, -0.2) is 18.3 Å². The third-order valence-electron chi connectivity index (χ3n) is 6.38. The Morgan fingerprint density at radius 2 is 2.06 bits per heavy atom. The maximum atomic E-state index is 14.0. The van der Waals surface area contributed by atoms with Crippen molar-refractivity contribution in [2.24, 2.45) is 0 Å². The first-order chi connectivity index (χ1) is 16.9. The Hall–Kier alpha value is -3.81. The van der Waals surface area contributed by atoms with E-state index in [2.05, 4.69) is 21.0 Å². The van der Waals surface area contributed by atoms with Crippen molar-refractivity contribution in [2.45, 2.75) is 24.8 Å². The van der Waals surface area contributed by atoms with Gasteiger partial charge in [0.1, 0.15) is 11.9 Å². The van der Waals surface area contributed by atoms with Crippen LogP contribution in [0.4, 0.5) is 19.4 Å². The number of carbonyl (C=O) groups excluding carboxylic acids is 1. The topological polar surface area (TPSA) is 104 Å². The van der Waals surface area contributed by atoms with Gasteiger partial charge in [0, 0.05) is 38.3 Å². The number of hydrogen-bond donors (Lipinski definition) is 3. The molecule has 2 aromatic carbocycles. The van der Waals surface area contributed by atoms with Gasteiger partial charge in [-0.15, -0.1) is 0 Å². The number of hydrogen-bond acceptors (Lipinski definition) is 5. The first-order valence-corrected chi connectivity index (χ1v) is 11.2. The molecular weight excluding hydrogens is 454 g/mol. The molecule has 2 atom stereocenters. The predicted molar refractivity (Wildman–Crippen MR) is 126 cm³/mol. The summed E-state index contributed by atoms with van der Waals surface area (Å²) in [6.45, 7) is 2.94. The Bertz CT molecular complexity index is 1260. The maximum Gasteiger partial charge on any atom is 0.320 e. The van der Waals surface area contributed by atoms with Gasteiger partial charge >= 0.3 is 6.03 Å². The molecule has 2 heterocycles. The minimum Gasteiger partial charge on any atom is -0.385 e. The SMILES string of the molecule is COCC[C@@]1(NC(=O)Nc2c(C)c(C#N)nn2-c2ccccc2)CNC[C@H]1c1ccc(F)c(F)c1. The average molecular weight is 481 g/mol. The third kappa shape index (κ3) is 4.87. The zero-order valence-corrected chi connectivity index (χ0v) is 19.4. The van der Waals surface area contributed by atoms with Crippen LogP contribution in [0.3, 0.4) is 0 Å². The quantitative estimate of drug-likeness (QED) is 0.479. The highest BCUT2D eigenvalue weighted by Gasteiger charge is 2.45. The molecule has 3 N–H and O–H groups in total. The lowest BCUT2D eigenvalue weighted by molar-refractivity contribution is 0.155. The number of amides is 2. The van der Waals surface area contributed by atoms with Gasteiger partial charge in [0.15, 0.2) is 17.3 Å². The largest absolute Gasteiger partial charge is 0.385 e. The highest BCUT2D eigenvalue weighted by atomic mass is 19.2. The van der Waals surface area contributed by atoms with Crippen LogP contribution in [0, 0.1) is 29.9 Å². The van der Waals surface area contributed by atoms with Crippen LogP contribution < -0.4 is 16.0 Å². The second kappa shape index (κ2) is 10.2. The summed E-state index contributed by atoms with van der Waals surface area (Å²) in [6.07, 6.45) is 0.438. The fourth-order valence-electron chi connectivity index (χ4n) is 4.53. The summed E-state index contributed by atoms with van der Waals surface area (Å²) in [5, 5.41) is 23.0. The summed E-state index contributed by atoms with van der Waals surface area (Å²) in [5.41, 5.74) is 1.15. The Morgan fingerprint density at radius 3 is 2.74 bits per heavy atom. The summed E-state index contributed by atoms with van der Waals surface area (Å²) in [4.78, 5) is 13.3. The monoisotopic (exact) mass is 480 g/mol. The fourth-order valence-corrected chi connectivity index (χ4v) is 4.53. The van der Waals surface area contributed by atoms with Crippen LogP contribution in [-0.4, -0.2) is 48.2 Å². The number of benzene rings is 2. The predicted octanol–water partition coefficient (Wildman–Crippen LogP) is 3.61. The molecule has 0 aliphatic carbocycles. The molecule has 0 saturated carbocycles. The highest BCUT2D eigenvalue weighted by Crippen LogP contribution is 2.35. The molecule has 0 bridgehead atoms. The summed E-state index contributed by atoms with van der Waals surface area (Å²) in [5.74, 6) is -1.83. The van der Waals surface area contributed by atoms with Gasteiger partial charge in [0.2, 0.25) is 0 Å². The number of ether oxygens (including phenoxy) is 1. The molecule has 1 aliphatic rings. The smallest absolute Gasteiger partial charge is 0.320 e. The van der Waals surface area contributed by atoms with E-state index >= 15 is 0 Å². The van der Waals surface area contributed by atoms with E-state index in [4.69, 9.17) is 4.74 Å². The van der Waals surface area contributed by atoms with E-state index in [0.717, 1.165) is 6.07 Å². The highest BCUT2D eigenvalue weighted by molar-refractivity contribution is 5.90. The van der Waals surface area contributed by atoms with Crippen LogP contribution in [0.25, 0.3) is 5.69 Å². The van der Waals surface area contributed by atoms with Gasteiger partial charge < -0.3 is 15.4 Å². The first kappa shape index (κ1) is 24.3. The van der Waals surface area contributed by atoms with Crippen molar-refractivity contribution in [2.75, 3.05) is 32.1 Å². The molecule has 0 unspecified atom stereocenters. The molecular formula is C25H26F2N6O2. The molecule has 8 nitrogen and oxygen atoms in total. The zero-order valence-electron chi connectivity index (χ0n) is 19.4. The minimum atomic E-state index is -0.939. The molecule has 4 rings (SSSR count). The van der Waals surface area contributed by atoms with Crippen molar-refractivity contribution in [3.63, 3.8) is 0 Å². The van der Waals surface area contributed by atoms with Crippen LogP contribution in [-0.2, 0) is 4.74 Å². The molecule has 3 aromatic rings. The van der Waals surface area contributed by atoms with E-state index in [-0.39, 0.29) is 11.6 Å². The number of aromatic nitrogens is 2. The molecule has 1 saturated heterocycles. The van der Waals surface area contributed by atoms with Gasteiger partial charge in [-0.1, -0.05) is 24.3 Å². The van der Waals surface area contributed by atoms with E-state index in [9.17, 15) is 18.8 Å². The Kier molecular flexibility index (Phi) is 7.10. The minimum absolute atomic E-state index is 0.195. The van der Waals surface area contributed by atoms with Crippen molar-refractivity contribution in [1.82, 2.24) is 20.4 Å². The van der Waals surface area contributed by atoms with E-state index in [1.165, 1.54) is 16.8 Å². The van der Waals surface area contributed by atoms with Gasteiger partial charge in [0.05, 0.1) is 11.2 Å². The lowest BCUT2D eigenvalue weighted by Gasteiger charge is -2.36. The van der Waals surface area contributed by atoms with E-state index < -0.39 is 23.2 Å². The van der Waals surface area contributed by atoms with Crippen molar-refractivity contribution < 1.29 is 18.3 Å². The molecule has 35 heavy (non-hydrogen) atoms. The standard InChI is InChI=1S/C25H26F2N6O2/c1-16-22(13-28)32-33(18-6-4-3-5-7-18)23(16)30-24(34)31-25(10-11-35-2)15-29-14-19(25)17-8-9-20(26)21(27)12-17/h3-9,12,19,29H,10-11,14-15H2,1-2H3,(H2,30,31,34)/t19-,25+/m0/s1. The molecule has 1 aliphatic heterocycles.